The molecule has 0 bridgehead atoms. The maximum absolute atomic E-state index is 2.47. The van der Waals surface area contributed by atoms with E-state index in [0.717, 1.165) is 17.1 Å². The summed E-state index contributed by atoms with van der Waals surface area (Å²) in [5, 5.41) is 7.41. The van der Waals surface area contributed by atoms with Gasteiger partial charge in [0.25, 0.3) is 0 Å². The first-order valence-corrected chi connectivity index (χ1v) is 21.7. The van der Waals surface area contributed by atoms with Crippen LogP contribution >= 0.6 is 0 Å². The molecule has 0 saturated heterocycles. The first-order valence-electron chi connectivity index (χ1n) is 21.7. The van der Waals surface area contributed by atoms with Crippen LogP contribution in [-0.4, -0.2) is 13.7 Å². The molecule has 0 aliphatic rings. The molecule has 0 aliphatic heterocycles. The van der Waals surface area contributed by atoms with Crippen LogP contribution in [0.3, 0.4) is 0 Å². The van der Waals surface area contributed by atoms with Crippen LogP contribution in [0.25, 0.3) is 116 Å². The van der Waals surface area contributed by atoms with Gasteiger partial charge < -0.3 is 13.7 Å². The fourth-order valence-corrected chi connectivity index (χ4v) is 10.1. The molecule has 13 aromatic rings. The van der Waals surface area contributed by atoms with Gasteiger partial charge in [0.05, 0.1) is 33.1 Å². The van der Waals surface area contributed by atoms with Crippen molar-refractivity contribution in [3.8, 4) is 50.4 Å². The van der Waals surface area contributed by atoms with Crippen molar-refractivity contribution in [1.82, 2.24) is 13.7 Å². The van der Waals surface area contributed by atoms with E-state index < -0.39 is 0 Å². The fraction of sp³-hybridized carbons (Fsp3) is 0. The zero-order valence-corrected chi connectivity index (χ0v) is 34.4. The Morgan fingerprint density at radius 2 is 0.508 bits per heavy atom. The molecule has 0 radical (unpaired) electrons. The van der Waals surface area contributed by atoms with Gasteiger partial charge in [-0.1, -0.05) is 152 Å². The third-order valence-electron chi connectivity index (χ3n) is 13.0. The molecule has 3 heteroatoms. The van der Waals surface area contributed by atoms with Crippen molar-refractivity contribution < 1.29 is 0 Å². The van der Waals surface area contributed by atoms with Crippen LogP contribution in [0.15, 0.2) is 237 Å². The highest BCUT2D eigenvalue weighted by Crippen LogP contribution is 2.42. The van der Waals surface area contributed by atoms with Gasteiger partial charge in [0.1, 0.15) is 0 Å². The molecule has 0 amide bonds. The average Bonchev–Trinajstić information content (AvgIpc) is 3.99. The maximum Gasteiger partial charge on any atom is 0.0548 e. The molecule has 13 rings (SSSR count). The van der Waals surface area contributed by atoms with Gasteiger partial charge in [-0.15, -0.1) is 0 Å². The summed E-state index contributed by atoms with van der Waals surface area (Å²) in [4.78, 5) is 0. The number of hydrogen-bond donors (Lipinski definition) is 0. The first-order chi connectivity index (χ1) is 31.2. The zero-order chi connectivity index (χ0) is 41.4. The number of fused-ring (bicyclic) bond motifs is 9. The van der Waals surface area contributed by atoms with Crippen LogP contribution < -0.4 is 0 Å². The molecule has 0 spiro atoms. The Kier molecular flexibility index (Phi) is 7.91. The van der Waals surface area contributed by atoms with Crippen LogP contribution in [0.5, 0.6) is 0 Å². The predicted octanol–water partition coefficient (Wildman–Crippen LogP) is 16.0. The van der Waals surface area contributed by atoms with E-state index in [4.69, 9.17) is 0 Å². The van der Waals surface area contributed by atoms with Gasteiger partial charge in [-0.05, 0) is 118 Å². The summed E-state index contributed by atoms with van der Waals surface area (Å²) in [6.07, 6.45) is 0. The average molecular weight is 802 g/mol. The summed E-state index contributed by atoms with van der Waals surface area (Å²) >= 11 is 0. The van der Waals surface area contributed by atoms with E-state index in [1.165, 1.54) is 98.8 Å². The number of rotatable bonds is 6. The third-order valence-corrected chi connectivity index (χ3v) is 13.0. The lowest BCUT2D eigenvalue weighted by Gasteiger charge is -2.11. The summed E-state index contributed by atoms with van der Waals surface area (Å²) in [5.74, 6) is 0. The second-order valence-electron chi connectivity index (χ2n) is 16.6. The molecule has 0 N–H and O–H groups in total. The highest BCUT2D eigenvalue weighted by atomic mass is 15.0. The Labute approximate surface area is 364 Å². The summed E-state index contributed by atoms with van der Waals surface area (Å²) < 4.78 is 7.31. The van der Waals surface area contributed by atoms with Crippen molar-refractivity contribution >= 4 is 65.4 Å². The van der Waals surface area contributed by atoms with Gasteiger partial charge in [-0.25, -0.2) is 0 Å². The molecule has 0 aliphatic carbocycles. The number of nitrogens with zero attached hydrogens (tertiary/aromatic N) is 3. The normalized spacial score (nSPS) is 11.8. The Morgan fingerprint density at radius 3 is 1.03 bits per heavy atom. The molecular formula is C60H39N3. The van der Waals surface area contributed by atoms with E-state index in [1.54, 1.807) is 0 Å². The molecular weight excluding hydrogens is 763 g/mol. The molecule has 0 saturated carbocycles. The van der Waals surface area contributed by atoms with Gasteiger partial charge in [0.15, 0.2) is 0 Å². The highest BCUT2D eigenvalue weighted by Gasteiger charge is 2.20. The number of para-hydroxylation sites is 3. The monoisotopic (exact) mass is 801 g/mol. The molecule has 0 fully saturated rings. The summed E-state index contributed by atoms with van der Waals surface area (Å²) in [5.41, 5.74) is 17.8. The van der Waals surface area contributed by atoms with Gasteiger partial charge in [-0.2, -0.15) is 0 Å². The molecule has 3 heterocycles. The first kappa shape index (κ1) is 35.4. The van der Waals surface area contributed by atoms with E-state index >= 15 is 0 Å². The van der Waals surface area contributed by atoms with Crippen molar-refractivity contribution in [1.29, 1.82) is 0 Å². The quantitative estimate of drug-likeness (QED) is 0.159. The Hall–Kier alpha value is -8.40. The number of hydrogen-bond acceptors (Lipinski definition) is 0. The van der Waals surface area contributed by atoms with E-state index in [1.807, 2.05) is 0 Å². The minimum atomic E-state index is 1.14. The summed E-state index contributed by atoms with van der Waals surface area (Å²) in [6, 6.07) is 86.5. The van der Waals surface area contributed by atoms with Crippen LogP contribution in [0, 0.1) is 0 Å². The van der Waals surface area contributed by atoms with E-state index in [9.17, 15) is 0 Å². The van der Waals surface area contributed by atoms with E-state index in [0.29, 0.717) is 0 Å². The van der Waals surface area contributed by atoms with Crippen molar-refractivity contribution in [2.75, 3.05) is 0 Å². The minimum Gasteiger partial charge on any atom is -0.309 e. The Bertz CT molecular complexity index is 3890. The fourth-order valence-electron chi connectivity index (χ4n) is 10.1. The van der Waals surface area contributed by atoms with Crippen molar-refractivity contribution in [3.63, 3.8) is 0 Å². The smallest absolute Gasteiger partial charge is 0.0548 e. The Morgan fingerprint density at radius 1 is 0.175 bits per heavy atom. The standard InChI is InChI=1S/C60H39N3/c1-4-16-40(17-5-1)42-20-14-24-47(34-42)62-56-29-13-10-26-49(56)51-36-44(30-32-57(51)62)45-31-33-58-52(37-45)54-39-59-53(50-27-11-12-28-55(50)61(59)46-22-8-3-9-23-46)38-60(54)63(58)48-25-15-21-43(35-48)41-18-6-2-7-19-41/h1-39H. The SMILES string of the molecule is c1ccc(-c2cccc(-n3c4ccccc4c4cc(-c5ccc6c(c5)c5cc7c(cc5n6-c5cccc(-c6ccccc6)c5)c5ccccc5n7-c5ccccc5)ccc43)c2)cc1. The van der Waals surface area contributed by atoms with Gasteiger partial charge in [0, 0.05) is 49.4 Å². The molecule has 10 aromatic carbocycles. The van der Waals surface area contributed by atoms with E-state index in [2.05, 4.69) is 250 Å². The van der Waals surface area contributed by atoms with Crippen molar-refractivity contribution in [2.24, 2.45) is 0 Å². The molecule has 3 aromatic heterocycles. The van der Waals surface area contributed by atoms with Crippen LogP contribution in [-0.2, 0) is 0 Å². The zero-order valence-electron chi connectivity index (χ0n) is 34.4. The third kappa shape index (κ3) is 5.60. The number of aromatic nitrogens is 3. The summed E-state index contributed by atoms with van der Waals surface area (Å²) in [7, 11) is 0. The van der Waals surface area contributed by atoms with Crippen LogP contribution in [0.1, 0.15) is 0 Å². The van der Waals surface area contributed by atoms with Crippen LogP contribution in [0.2, 0.25) is 0 Å². The topological polar surface area (TPSA) is 14.8 Å². The maximum atomic E-state index is 2.47. The Balaban J connectivity index is 1.04. The largest absolute Gasteiger partial charge is 0.309 e. The van der Waals surface area contributed by atoms with Gasteiger partial charge >= 0.3 is 0 Å². The van der Waals surface area contributed by atoms with Crippen LogP contribution in [0.4, 0.5) is 0 Å². The summed E-state index contributed by atoms with van der Waals surface area (Å²) in [6.45, 7) is 0. The molecule has 294 valence electrons. The minimum absolute atomic E-state index is 1.14. The predicted molar refractivity (Wildman–Crippen MR) is 266 cm³/mol. The van der Waals surface area contributed by atoms with Gasteiger partial charge in [-0.3, -0.25) is 0 Å². The molecule has 0 atom stereocenters. The lowest BCUT2D eigenvalue weighted by Crippen LogP contribution is -1.95. The molecule has 0 unspecified atom stereocenters. The number of benzene rings is 10. The molecule has 3 nitrogen and oxygen atoms in total. The van der Waals surface area contributed by atoms with Gasteiger partial charge in [0.2, 0.25) is 0 Å². The second-order valence-corrected chi connectivity index (χ2v) is 16.6. The van der Waals surface area contributed by atoms with Crippen molar-refractivity contribution in [3.05, 3.63) is 237 Å². The van der Waals surface area contributed by atoms with Crippen molar-refractivity contribution in [2.45, 2.75) is 0 Å². The highest BCUT2D eigenvalue weighted by molar-refractivity contribution is 6.20. The molecule has 63 heavy (non-hydrogen) atoms. The van der Waals surface area contributed by atoms with E-state index in [-0.39, 0.29) is 0 Å². The second kappa shape index (κ2) is 14.1. The lowest BCUT2D eigenvalue weighted by atomic mass is 10.00. The lowest BCUT2D eigenvalue weighted by molar-refractivity contribution is 1.17.